The van der Waals surface area contributed by atoms with E-state index in [0.29, 0.717) is 17.2 Å². The highest BCUT2D eigenvalue weighted by molar-refractivity contribution is 7.13. The number of unbranched alkanes of at least 4 members (excludes halogenated alkanes) is 3. The Bertz CT molecular complexity index is 686. The standard InChI is InChI=1S/C19H25N3O2S/c1-3-4-5-8-12-22(14-17(23)21-19-20-11-13-25-19)18(24)16-10-7-6-9-15(16)2/h6-7,9-11,13H,3-5,8,12,14H2,1-2H3,(H,20,21,23). The van der Waals surface area contributed by atoms with Gasteiger partial charge in [-0.25, -0.2) is 4.98 Å². The van der Waals surface area contributed by atoms with Crippen LogP contribution in [0.3, 0.4) is 0 Å². The van der Waals surface area contributed by atoms with Crippen molar-refractivity contribution in [3.8, 4) is 0 Å². The number of carbonyl (C=O) groups is 2. The zero-order chi connectivity index (χ0) is 18.1. The van der Waals surface area contributed by atoms with E-state index < -0.39 is 0 Å². The minimum atomic E-state index is -0.215. The van der Waals surface area contributed by atoms with E-state index in [1.54, 1.807) is 16.5 Å². The summed E-state index contributed by atoms with van der Waals surface area (Å²) in [5, 5.41) is 5.11. The lowest BCUT2D eigenvalue weighted by molar-refractivity contribution is -0.116. The van der Waals surface area contributed by atoms with Crippen LogP contribution in [0.5, 0.6) is 0 Å². The fourth-order valence-corrected chi connectivity index (χ4v) is 3.13. The molecule has 0 saturated heterocycles. The summed E-state index contributed by atoms with van der Waals surface area (Å²) >= 11 is 1.36. The summed E-state index contributed by atoms with van der Waals surface area (Å²) in [6.45, 7) is 4.69. The predicted octanol–water partition coefficient (Wildman–Crippen LogP) is 4.11. The molecule has 0 aliphatic carbocycles. The molecule has 2 aromatic rings. The number of amides is 2. The zero-order valence-electron chi connectivity index (χ0n) is 14.8. The van der Waals surface area contributed by atoms with Crippen molar-refractivity contribution in [1.82, 2.24) is 9.88 Å². The molecule has 0 aliphatic heterocycles. The summed E-state index contributed by atoms with van der Waals surface area (Å²) < 4.78 is 0. The second-order valence-electron chi connectivity index (χ2n) is 5.99. The van der Waals surface area contributed by atoms with Crippen molar-refractivity contribution in [3.63, 3.8) is 0 Å². The molecule has 134 valence electrons. The average Bonchev–Trinajstić information content (AvgIpc) is 3.10. The number of rotatable bonds is 9. The number of anilines is 1. The number of hydrogen-bond acceptors (Lipinski definition) is 4. The first-order valence-corrected chi connectivity index (χ1v) is 9.54. The van der Waals surface area contributed by atoms with E-state index >= 15 is 0 Å². The third-order valence-corrected chi connectivity index (χ3v) is 4.65. The minimum Gasteiger partial charge on any atom is -0.329 e. The molecular weight excluding hydrogens is 334 g/mol. The maximum Gasteiger partial charge on any atom is 0.254 e. The van der Waals surface area contributed by atoms with E-state index in [1.165, 1.54) is 11.3 Å². The Morgan fingerprint density at radius 3 is 2.68 bits per heavy atom. The highest BCUT2D eigenvalue weighted by atomic mass is 32.1. The van der Waals surface area contributed by atoms with Gasteiger partial charge in [0.05, 0.1) is 0 Å². The molecule has 0 fully saturated rings. The number of hydrogen-bond donors (Lipinski definition) is 1. The van der Waals surface area contributed by atoms with Gasteiger partial charge in [0.2, 0.25) is 5.91 Å². The molecule has 1 aromatic heterocycles. The summed E-state index contributed by atoms with van der Waals surface area (Å²) in [5.41, 5.74) is 1.58. The number of thiazole rings is 1. The number of aryl methyl sites for hydroxylation is 1. The third kappa shape index (κ3) is 5.98. The van der Waals surface area contributed by atoms with Crippen molar-refractivity contribution in [2.45, 2.75) is 39.5 Å². The van der Waals surface area contributed by atoms with Crippen molar-refractivity contribution >= 4 is 28.3 Å². The first-order valence-electron chi connectivity index (χ1n) is 8.66. The van der Waals surface area contributed by atoms with E-state index in [9.17, 15) is 9.59 Å². The average molecular weight is 359 g/mol. The van der Waals surface area contributed by atoms with E-state index in [0.717, 1.165) is 31.2 Å². The Balaban J connectivity index is 2.04. The molecule has 6 heteroatoms. The van der Waals surface area contributed by atoms with E-state index in [4.69, 9.17) is 0 Å². The molecule has 1 heterocycles. The first-order chi connectivity index (χ1) is 12.1. The van der Waals surface area contributed by atoms with Crippen molar-refractivity contribution < 1.29 is 9.59 Å². The molecule has 0 atom stereocenters. The van der Waals surface area contributed by atoms with Crippen molar-refractivity contribution in [1.29, 1.82) is 0 Å². The van der Waals surface area contributed by atoms with Gasteiger partial charge in [0.25, 0.3) is 5.91 Å². The number of nitrogens with one attached hydrogen (secondary N) is 1. The summed E-state index contributed by atoms with van der Waals surface area (Å²) in [6, 6.07) is 7.49. The Morgan fingerprint density at radius 1 is 1.20 bits per heavy atom. The van der Waals surface area contributed by atoms with E-state index in [2.05, 4.69) is 17.2 Å². The van der Waals surface area contributed by atoms with Crippen LogP contribution in [0.2, 0.25) is 0 Å². The summed E-state index contributed by atoms with van der Waals surface area (Å²) in [7, 11) is 0. The quantitative estimate of drug-likeness (QED) is 0.685. The number of nitrogens with zero attached hydrogens (tertiary/aromatic N) is 2. The first kappa shape index (κ1) is 19.1. The van der Waals surface area contributed by atoms with Gasteiger partial charge in [0.1, 0.15) is 6.54 Å². The van der Waals surface area contributed by atoms with Crippen LogP contribution in [0.4, 0.5) is 5.13 Å². The second-order valence-corrected chi connectivity index (χ2v) is 6.88. The van der Waals surface area contributed by atoms with Crippen LogP contribution in [0.25, 0.3) is 0 Å². The molecule has 0 radical (unpaired) electrons. The van der Waals surface area contributed by atoms with Gasteiger partial charge in [-0.2, -0.15) is 0 Å². The number of aromatic nitrogens is 1. The monoisotopic (exact) mass is 359 g/mol. The van der Waals surface area contributed by atoms with E-state index in [-0.39, 0.29) is 18.4 Å². The van der Waals surface area contributed by atoms with E-state index in [1.807, 2.05) is 31.2 Å². The Labute approximate surface area is 153 Å². The van der Waals surface area contributed by atoms with Gasteiger partial charge < -0.3 is 10.2 Å². The van der Waals surface area contributed by atoms with Crippen LogP contribution >= 0.6 is 11.3 Å². The zero-order valence-corrected chi connectivity index (χ0v) is 15.6. The Morgan fingerprint density at radius 2 is 2.00 bits per heavy atom. The van der Waals surface area contributed by atoms with Gasteiger partial charge >= 0.3 is 0 Å². The van der Waals surface area contributed by atoms with Crippen LogP contribution in [0.1, 0.15) is 48.5 Å². The van der Waals surface area contributed by atoms with Crippen molar-refractivity contribution in [3.05, 3.63) is 47.0 Å². The van der Waals surface area contributed by atoms with Crippen molar-refractivity contribution in [2.75, 3.05) is 18.4 Å². The smallest absolute Gasteiger partial charge is 0.254 e. The van der Waals surface area contributed by atoms with Crippen LogP contribution in [-0.2, 0) is 4.79 Å². The summed E-state index contributed by atoms with van der Waals surface area (Å²) in [6.07, 6.45) is 5.87. The van der Waals surface area contributed by atoms with Gasteiger partial charge in [0.15, 0.2) is 5.13 Å². The molecule has 0 spiro atoms. The normalized spacial score (nSPS) is 10.5. The lowest BCUT2D eigenvalue weighted by Crippen LogP contribution is -2.39. The minimum absolute atomic E-state index is 0.0405. The molecule has 1 aromatic carbocycles. The fourth-order valence-electron chi connectivity index (χ4n) is 2.58. The van der Waals surface area contributed by atoms with Crippen LogP contribution in [0.15, 0.2) is 35.8 Å². The van der Waals surface area contributed by atoms with Crippen LogP contribution < -0.4 is 5.32 Å². The van der Waals surface area contributed by atoms with Gasteiger partial charge in [-0.05, 0) is 25.0 Å². The SMILES string of the molecule is CCCCCCN(CC(=O)Nc1nccs1)C(=O)c1ccccc1C. The molecule has 25 heavy (non-hydrogen) atoms. The summed E-state index contributed by atoms with van der Waals surface area (Å²) in [4.78, 5) is 30.9. The molecular formula is C19H25N3O2S. The van der Waals surface area contributed by atoms with Gasteiger partial charge in [-0.3, -0.25) is 9.59 Å². The fraction of sp³-hybridized carbons (Fsp3) is 0.421. The second kappa shape index (κ2) is 9.93. The van der Waals surface area contributed by atoms with Crippen LogP contribution in [-0.4, -0.2) is 34.8 Å². The molecule has 1 N–H and O–H groups in total. The molecule has 0 aliphatic rings. The third-order valence-electron chi connectivity index (χ3n) is 3.96. The Kier molecular flexibility index (Phi) is 7.60. The molecule has 0 unspecified atom stereocenters. The predicted molar refractivity (Wildman–Crippen MR) is 102 cm³/mol. The topological polar surface area (TPSA) is 62.3 Å². The maximum absolute atomic E-state index is 12.9. The van der Waals surface area contributed by atoms with Gasteiger partial charge in [-0.1, -0.05) is 44.4 Å². The summed E-state index contributed by atoms with van der Waals surface area (Å²) in [5.74, 6) is -0.309. The molecule has 0 saturated carbocycles. The van der Waals surface area contributed by atoms with Crippen LogP contribution in [0, 0.1) is 6.92 Å². The maximum atomic E-state index is 12.9. The number of carbonyl (C=O) groups excluding carboxylic acids is 2. The number of benzene rings is 1. The van der Waals surface area contributed by atoms with Crippen molar-refractivity contribution in [2.24, 2.45) is 0 Å². The van der Waals surface area contributed by atoms with Gasteiger partial charge in [0, 0.05) is 23.7 Å². The lowest BCUT2D eigenvalue weighted by Gasteiger charge is -2.23. The van der Waals surface area contributed by atoms with Gasteiger partial charge in [-0.15, -0.1) is 11.3 Å². The molecule has 0 bridgehead atoms. The lowest BCUT2D eigenvalue weighted by atomic mass is 10.1. The molecule has 2 amide bonds. The largest absolute Gasteiger partial charge is 0.329 e. The Hall–Kier alpha value is -2.21. The highest BCUT2D eigenvalue weighted by Crippen LogP contribution is 2.14. The highest BCUT2D eigenvalue weighted by Gasteiger charge is 2.20. The molecule has 2 rings (SSSR count). The molecule has 5 nitrogen and oxygen atoms in total.